The lowest BCUT2D eigenvalue weighted by atomic mass is 9.92. The van der Waals surface area contributed by atoms with E-state index in [0.717, 1.165) is 6.04 Å². The van der Waals surface area contributed by atoms with Crippen LogP contribution in [-0.4, -0.2) is 50.1 Å². The van der Waals surface area contributed by atoms with Gasteiger partial charge in [-0.05, 0) is 40.4 Å². The average Bonchev–Trinajstić information content (AvgIpc) is 1.79. The fourth-order valence-electron chi connectivity index (χ4n) is 1.22. The molecule has 1 rings (SSSR count). The third kappa shape index (κ3) is 2.80. The lowest BCUT2D eigenvalue weighted by molar-refractivity contribution is 0.181. The first-order valence-electron chi connectivity index (χ1n) is 4.37. The van der Waals surface area contributed by atoms with Crippen LogP contribution in [0, 0.1) is 6.42 Å². The predicted molar refractivity (Wildman–Crippen MR) is 48.5 cm³/mol. The molecule has 0 aromatic rings. The van der Waals surface area contributed by atoms with Crippen molar-refractivity contribution in [3.63, 3.8) is 0 Å². The van der Waals surface area contributed by atoms with Gasteiger partial charge in [0.05, 0.1) is 0 Å². The van der Waals surface area contributed by atoms with Crippen molar-refractivity contribution < 1.29 is 0 Å². The van der Waals surface area contributed by atoms with Gasteiger partial charge in [-0.1, -0.05) is 0 Å². The van der Waals surface area contributed by atoms with Crippen molar-refractivity contribution >= 4 is 0 Å². The molecule has 0 aromatic carbocycles. The molecule has 0 atom stereocenters. The van der Waals surface area contributed by atoms with E-state index in [1.54, 1.807) is 0 Å². The summed E-state index contributed by atoms with van der Waals surface area (Å²) in [5.74, 6) is 0. The highest BCUT2D eigenvalue weighted by Crippen LogP contribution is 2.21. The molecule has 2 nitrogen and oxygen atoms in total. The minimum Gasteiger partial charge on any atom is -0.308 e. The van der Waals surface area contributed by atoms with Crippen molar-refractivity contribution in [2.75, 3.05) is 34.2 Å². The van der Waals surface area contributed by atoms with Crippen LogP contribution in [0.15, 0.2) is 0 Å². The third-order valence-corrected chi connectivity index (χ3v) is 2.40. The molecule has 0 spiro atoms. The van der Waals surface area contributed by atoms with Gasteiger partial charge in [-0.25, -0.2) is 0 Å². The molecule has 0 bridgehead atoms. The van der Waals surface area contributed by atoms with Gasteiger partial charge in [-0.15, -0.1) is 0 Å². The van der Waals surface area contributed by atoms with E-state index in [-0.39, 0.29) is 0 Å². The maximum Gasteiger partial charge on any atom is 0.0109 e. The average molecular weight is 155 g/mol. The van der Waals surface area contributed by atoms with E-state index in [4.69, 9.17) is 0 Å². The zero-order valence-electron chi connectivity index (χ0n) is 7.88. The Labute approximate surface area is 70.2 Å². The van der Waals surface area contributed by atoms with Crippen LogP contribution in [0.25, 0.3) is 0 Å². The Bertz CT molecular complexity index is 108. The van der Waals surface area contributed by atoms with Gasteiger partial charge in [0, 0.05) is 19.1 Å². The van der Waals surface area contributed by atoms with Gasteiger partial charge in [0.1, 0.15) is 0 Å². The second kappa shape index (κ2) is 4.07. The molecule has 0 aromatic heterocycles. The largest absolute Gasteiger partial charge is 0.308 e. The second-order valence-electron chi connectivity index (χ2n) is 3.70. The molecule has 1 aliphatic carbocycles. The Balaban J connectivity index is 2.05. The van der Waals surface area contributed by atoms with Crippen LogP contribution in [0.5, 0.6) is 0 Å². The summed E-state index contributed by atoms with van der Waals surface area (Å²) in [5, 5.41) is 0. The van der Waals surface area contributed by atoms with E-state index >= 15 is 0 Å². The van der Waals surface area contributed by atoms with Crippen molar-refractivity contribution in [3.05, 3.63) is 6.42 Å². The van der Waals surface area contributed by atoms with Gasteiger partial charge < -0.3 is 9.80 Å². The molecule has 65 valence electrons. The molecular formula is C9H19N2. The fourth-order valence-corrected chi connectivity index (χ4v) is 1.22. The molecule has 11 heavy (non-hydrogen) atoms. The molecule has 0 N–H and O–H groups in total. The van der Waals surface area contributed by atoms with E-state index in [2.05, 4.69) is 37.4 Å². The number of hydrogen-bond donors (Lipinski definition) is 0. The van der Waals surface area contributed by atoms with E-state index in [1.165, 1.54) is 25.9 Å². The summed E-state index contributed by atoms with van der Waals surface area (Å²) in [6.07, 6.45) is 4.95. The Morgan fingerprint density at radius 2 is 1.82 bits per heavy atom. The molecule has 1 saturated carbocycles. The summed E-state index contributed by atoms with van der Waals surface area (Å²) in [6.45, 7) is 2.37. The van der Waals surface area contributed by atoms with Crippen molar-refractivity contribution in [3.8, 4) is 0 Å². The summed E-state index contributed by atoms with van der Waals surface area (Å²) in [6, 6.07) is 0.843. The van der Waals surface area contributed by atoms with Crippen molar-refractivity contribution in [2.45, 2.75) is 18.9 Å². The maximum atomic E-state index is 2.46. The van der Waals surface area contributed by atoms with Crippen LogP contribution in [-0.2, 0) is 0 Å². The summed E-state index contributed by atoms with van der Waals surface area (Å²) >= 11 is 0. The molecule has 0 saturated heterocycles. The molecule has 0 unspecified atom stereocenters. The highest BCUT2D eigenvalue weighted by Gasteiger charge is 2.21. The van der Waals surface area contributed by atoms with Gasteiger partial charge in [0.15, 0.2) is 0 Å². The Morgan fingerprint density at radius 3 is 2.18 bits per heavy atom. The predicted octanol–water partition coefficient (Wildman–Crippen LogP) is 0.846. The lowest BCUT2D eigenvalue weighted by Gasteiger charge is -2.35. The minimum atomic E-state index is 0.843. The maximum absolute atomic E-state index is 2.46. The third-order valence-electron chi connectivity index (χ3n) is 2.40. The Hall–Kier alpha value is -0.0800. The molecule has 1 radical (unpaired) electrons. The quantitative estimate of drug-likeness (QED) is 0.594. The number of rotatable bonds is 4. The van der Waals surface area contributed by atoms with Gasteiger partial charge in [-0.2, -0.15) is 0 Å². The SMILES string of the molecule is CN(C)CCN(C)C1C[CH]C1. The summed E-state index contributed by atoms with van der Waals surface area (Å²) in [7, 11) is 6.47. The summed E-state index contributed by atoms with van der Waals surface area (Å²) < 4.78 is 0. The first kappa shape index (κ1) is 9.01. The van der Waals surface area contributed by atoms with Gasteiger partial charge in [-0.3, -0.25) is 0 Å². The molecule has 0 heterocycles. The van der Waals surface area contributed by atoms with Gasteiger partial charge >= 0.3 is 0 Å². The van der Waals surface area contributed by atoms with Crippen LogP contribution in [0.3, 0.4) is 0 Å². The second-order valence-corrected chi connectivity index (χ2v) is 3.70. The van der Waals surface area contributed by atoms with E-state index in [0.29, 0.717) is 0 Å². The van der Waals surface area contributed by atoms with Gasteiger partial charge in [0.25, 0.3) is 0 Å². The van der Waals surface area contributed by atoms with Crippen LogP contribution in [0.2, 0.25) is 0 Å². The fraction of sp³-hybridized carbons (Fsp3) is 0.889. The van der Waals surface area contributed by atoms with Crippen LogP contribution in [0.4, 0.5) is 0 Å². The Morgan fingerprint density at radius 1 is 1.18 bits per heavy atom. The van der Waals surface area contributed by atoms with E-state index in [1.807, 2.05) is 0 Å². The summed E-state index contributed by atoms with van der Waals surface area (Å²) in [4.78, 5) is 4.69. The first-order chi connectivity index (χ1) is 5.20. The van der Waals surface area contributed by atoms with E-state index in [9.17, 15) is 0 Å². The number of hydrogen-bond acceptors (Lipinski definition) is 2. The van der Waals surface area contributed by atoms with Crippen LogP contribution >= 0.6 is 0 Å². The van der Waals surface area contributed by atoms with Crippen LogP contribution < -0.4 is 0 Å². The summed E-state index contributed by atoms with van der Waals surface area (Å²) in [5.41, 5.74) is 0. The van der Waals surface area contributed by atoms with Crippen LogP contribution in [0.1, 0.15) is 12.8 Å². The molecule has 0 aliphatic heterocycles. The topological polar surface area (TPSA) is 6.48 Å². The van der Waals surface area contributed by atoms with E-state index < -0.39 is 0 Å². The van der Waals surface area contributed by atoms with Crippen molar-refractivity contribution in [1.82, 2.24) is 9.80 Å². The number of nitrogens with zero attached hydrogens (tertiary/aromatic N) is 2. The Kier molecular flexibility index (Phi) is 3.34. The monoisotopic (exact) mass is 155 g/mol. The zero-order valence-corrected chi connectivity index (χ0v) is 7.88. The molecule has 1 aliphatic rings. The molecule has 1 fully saturated rings. The minimum absolute atomic E-state index is 0.843. The molecular weight excluding hydrogens is 136 g/mol. The number of likely N-dealkylation sites (N-methyl/N-ethyl adjacent to an activating group) is 2. The highest BCUT2D eigenvalue weighted by atomic mass is 15.2. The first-order valence-corrected chi connectivity index (χ1v) is 4.37. The van der Waals surface area contributed by atoms with Gasteiger partial charge in [0.2, 0.25) is 0 Å². The lowest BCUT2D eigenvalue weighted by Crippen LogP contribution is -2.40. The smallest absolute Gasteiger partial charge is 0.0109 e. The normalized spacial score (nSPS) is 19.4. The highest BCUT2D eigenvalue weighted by molar-refractivity contribution is 4.91. The molecule has 0 amide bonds. The van der Waals surface area contributed by atoms with Crippen molar-refractivity contribution in [1.29, 1.82) is 0 Å². The zero-order chi connectivity index (χ0) is 8.27. The standard InChI is InChI=1S/C9H19N2/c1-10(2)7-8-11(3)9-5-4-6-9/h4,9H,5-8H2,1-3H3. The molecule has 2 heteroatoms. The van der Waals surface area contributed by atoms with Crippen molar-refractivity contribution in [2.24, 2.45) is 0 Å².